The van der Waals surface area contributed by atoms with Gasteiger partial charge in [0.15, 0.2) is 5.82 Å². The van der Waals surface area contributed by atoms with Gasteiger partial charge in [-0.3, -0.25) is 4.57 Å². The molecule has 106 valence electrons. The Labute approximate surface area is 132 Å². The molecule has 5 heteroatoms. The molecule has 0 amide bonds. The third-order valence-electron chi connectivity index (χ3n) is 3.21. The summed E-state index contributed by atoms with van der Waals surface area (Å²) in [6.45, 7) is 1.44. The number of hydrogen-bond acceptors (Lipinski definition) is 3. The Hall–Kier alpha value is -1.98. The van der Waals surface area contributed by atoms with Crippen LogP contribution in [-0.4, -0.2) is 14.8 Å². The Morgan fingerprint density at radius 1 is 0.952 bits per heavy atom. The van der Waals surface area contributed by atoms with E-state index in [2.05, 4.69) is 37.5 Å². The van der Waals surface area contributed by atoms with Crippen LogP contribution in [0.5, 0.6) is 0 Å². The van der Waals surface area contributed by atoms with E-state index in [1.165, 1.54) is 5.56 Å². The molecule has 0 fully saturated rings. The van der Waals surface area contributed by atoms with E-state index >= 15 is 0 Å². The standard InChI is InChI=1S/C16H15BrN4/c17-15-9-5-4-6-13(15)10-18-11-16-20-19-12-21(16)14-7-2-1-3-8-14/h1-9,12,18H,10-11H2. The molecule has 0 aliphatic heterocycles. The molecule has 2 aromatic carbocycles. The van der Waals surface area contributed by atoms with Crippen LogP contribution >= 0.6 is 15.9 Å². The van der Waals surface area contributed by atoms with Gasteiger partial charge < -0.3 is 5.32 Å². The molecule has 0 bridgehead atoms. The summed E-state index contributed by atoms with van der Waals surface area (Å²) in [4.78, 5) is 0. The minimum absolute atomic E-state index is 0.663. The Balaban J connectivity index is 1.67. The first-order valence-corrected chi connectivity index (χ1v) is 7.52. The zero-order valence-electron chi connectivity index (χ0n) is 11.4. The molecule has 4 nitrogen and oxygen atoms in total. The molecule has 3 aromatic rings. The number of para-hydroxylation sites is 1. The number of nitrogens with one attached hydrogen (secondary N) is 1. The van der Waals surface area contributed by atoms with E-state index in [0.717, 1.165) is 22.5 Å². The van der Waals surface area contributed by atoms with E-state index in [1.807, 2.05) is 53.1 Å². The summed E-state index contributed by atoms with van der Waals surface area (Å²) < 4.78 is 3.11. The fourth-order valence-electron chi connectivity index (χ4n) is 2.13. The topological polar surface area (TPSA) is 42.7 Å². The third kappa shape index (κ3) is 3.37. The smallest absolute Gasteiger partial charge is 0.151 e. The Bertz CT molecular complexity index is 709. The van der Waals surface area contributed by atoms with Gasteiger partial charge in [0.25, 0.3) is 0 Å². The first-order chi connectivity index (χ1) is 10.3. The minimum Gasteiger partial charge on any atom is -0.306 e. The van der Waals surface area contributed by atoms with Gasteiger partial charge >= 0.3 is 0 Å². The van der Waals surface area contributed by atoms with E-state index in [0.29, 0.717) is 6.54 Å². The summed E-state index contributed by atoms with van der Waals surface area (Å²) in [5.74, 6) is 0.897. The predicted octanol–water partition coefficient (Wildman–Crippen LogP) is 3.32. The summed E-state index contributed by atoms with van der Waals surface area (Å²) >= 11 is 3.55. The Morgan fingerprint density at radius 3 is 2.52 bits per heavy atom. The molecule has 1 heterocycles. The fourth-order valence-corrected chi connectivity index (χ4v) is 2.56. The van der Waals surface area contributed by atoms with Crippen LogP contribution in [0.3, 0.4) is 0 Å². The molecule has 21 heavy (non-hydrogen) atoms. The molecule has 1 aromatic heterocycles. The maximum absolute atomic E-state index is 4.18. The van der Waals surface area contributed by atoms with Crippen LogP contribution in [0.2, 0.25) is 0 Å². The molecule has 0 spiro atoms. The highest BCUT2D eigenvalue weighted by Gasteiger charge is 2.06. The van der Waals surface area contributed by atoms with Crippen molar-refractivity contribution in [3.05, 3.63) is 76.8 Å². The average molecular weight is 343 g/mol. The van der Waals surface area contributed by atoms with E-state index < -0.39 is 0 Å². The number of hydrogen-bond donors (Lipinski definition) is 1. The first kappa shape index (κ1) is 14.0. The van der Waals surface area contributed by atoms with Crippen molar-refractivity contribution in [1.82, 2.24) is 20.1 Å². The highest BCUT2D eigenvalue weighted by molar-refractivity contribution is 9.10. The quantitative estimate of drug-likeness (QED) is 0.773. The second-order valence-electron chi connectivity index (χ2n) is 4.65. The molecule has 1 N–H and O–H groups in total. The van der Waals surface area contributed by atoms with Gasteiger partial charge in [-0.1, -0.05) is 52.3 Å². The van der Waals surface area contributed by atoms with Crippen LogP contribution in [0, 0.1) is 0 Å². The van der Waals surface area contributed by atoms with Crippen molar-refractivity contribution in [3.8, 4) is 5.69 Å². The number of nitrogens with zero attached hydrogens (tertiary/aromatic N) is 3. The maximum atomic E-state index is 4.18. The zero-order chi connectivity index (χ0) is 14.5. The summed E-state index contributed by atoms with van der Waals surface area (Å²) in [6.07, 6.45) is 1.74. The summed E-state index contributed by atoms with van der Waals surface area (Å²) in [5.41, 5.74) is 2.29. The largest absolute Gasteiger partial charge is 0.306 e. The van der Waals surface area contributed by atoms with Gasteiger partial charge in [0.2, 0.25) is 0 Å². The van der Waals surface area contributed by atoms with Crippen molar-refractivity contribution in [2.45, 2.75) is 13.1 Å². The normalized spacial score (nSPS) is 10.7. The van der Waals surface area contributed by atoms with Crippen LogP contribution in [0.4, 0.5) is 0 Å². The third-order valence-corrected chi connectivity index (χ3v) is 3.98. The Kier molecular flexibility index (Phi) is 4.43. The van der Waals surface area contributed by atoms with Crippen LogP contribution < -0.4 is 5.32 Å². The zero-order valence-corrected chi connectivity index (χ0v) is 13.0. The van der Waals surface area contributed by atoms with Crippen LogP contribution in [-0.2, 0) is 13.1 Å². The van der Waals surface area contributed by atoms with Crippen molar-refractivity contribution < 1.29 is 0 Å². The van der Waals surface area contributed by atoms with Crippen molar-refractivity contribution in [2.24, 2.45) is 0 Å². The van der Waals surface area contributed by atoms with Crippen LogP contribution in [0.25, 0.3) is 5.69 Å². The summed E-state index contributed by atoms with van der Waals surface area (Å²) in [6, 6.07) is 18.3. The van der Waals surface area contributed by atoms with Crippen LogP contribution in [0.1, 0.15) is 11.4 Å². The van der Waals surface area contributed by atoms with Crippen molar-refractivity contribution in [3.63, 3.8) is 0 Å². The predicted molar refractivity (Wildman–Crippen MR) is 86.0 cm³/mol. The molecule has 3 rings (SSSR count). The SMILES string of the molecule is Brc1ccccc1CNCc1nncn1-c1ccccc1. The van der Waals surface area contributed by atoms with Crippen molar-refractivity contribution in [1.29, 1.82) is 0 Å². The molecule has 0 aliphatic carbocycles. The van der Waals surface area contributed by atoms with Gasteiger partial charge in [-0.05, 0) is 23.8 Å². The molecule has 0 saturated heterocycles. The Morgan fingerprint density at radius 2 is 1.71 bits per heavy atom. The van der Waals surface area contributed by atoms with E-state index in [1.54, 1.807) is 6.33 Å². The molecule has 0 atom stereocenters. The van der Waals surface area contributed by atoms with Gasteiger partial charge in [-0.2, -0.15) is 0 Å². The molecule has 0 saturated carbocycles. The highest BCUT2D eigenvalue weighted by Crippen LogP contribution is 2.15. The van der Waals surface area contributed by atoms with E-state index in [9.17, 15) is 0 Å². The first-order valence-electron chi connectivity index (χ1n) is 6.73. The molecule has 0 aliphatic rings. The minimum atomic E-state index is 0.663. The van der Waals surface area contributed by atoms with E-state index in [-0.39, 0.29) is 0 Å². The summed E-state index contributed by atoms with van der Waals surface area (Å²) in [7, 11) is 0. The number of benzene rings is 2. The molecule has 0 unspecified atom stereocenters. The number of halogens is 1. The van der Waals surface area contributed by atoms with Crippen molar-refractivity contribution >= 4 is 15.9 Å². The number of rotatable bonds is 5. The van der Waals surface area contributed by atoms with Gasteiger partial charge in [0.05, 0.1) is 6.54 Å². The lowest BCUT2D eigenvalue weighted by molar-refractivity contribution is 0.650. The number of aromatic nitrogens is 3. The molecular formula is C16H15BrN4. The second kappa shape index (κ2) is 6.65. The maximum Gasteiger partial charge on any atom is 0.151 e. The lowest BCUT2D eigenvalue weighted by Crippen LogP contribution is -2.16. The summed E-state index contributed by atoms with van der Waals surface area (Å²) in [5, 5.41) is 11.6. The highest BCUT2D eigenvalue weighted by atomic mass is 79.9. The van der Waals surface area contributed by atoms with Gasteiger partial charge in [-0.25, -0.2) is 0 Å². The van der Waals surface area contributed by atoms with E-state index in [4.69, 9.17) is 0 Å². The van der Waals surface area contributed by atoms with Gasteiger partial charge in [-0.15, -0.1) is 10.2 Å². The monoisotopic (exact) mass is 342 g/mol. The van der Waals surface area contributed by atoms with Gasteiger partial charge in [0, 0.05) is 16.7 Å². The molecule has 0 radical (unpaired) electrons. The van der Waals surface area contributed by atoms with Gasteiger partial charge in [0.1, 0.15) is 6.33 Å². The average Bonchev–Trinajstić information content (AvgIpc) is 2.99. The fraction of sp³-hybridized carbons (Fsp3) is 0.125. The van der Waals surface area contributed by atoms with Crippen molar-refractivity contribution in [2.75, 3.05) is 0 Å². The lowest BCUT2D eigenvalue weighted by atomic mass is 10.2. The van der Waals surface area contributed by atoms with Crippen LogP contribution in [0.15, 0.2) is 65.4 Å². The molecular weight excluding hydrogens is 328 g/mol. The second-order valence-corrected chi connectivity index (χ2v) is 5.50. The lowest BCUT2D eigenvalue weighted by Gasteiger charge is -2.08.